The number of nitrogens with zero attached hydrogens (tertiary/aromatic N) is 2. The maximum Gasteiger partial charge on any atom is 0.178 e. The molecule has 0 radical (unpaired) electrons. The molecule has 0 aliphatic heterocycles. The zero-order chi connectivity index (χ0) is 13.0. The average molecular weight is 246 g/mol. The van der Waals surface area contributed by atoms with Crippen molar-refractivity contribution in [3.8, 4) is 0 Å². The molecule has 1 aromatic rings. The van der Waals surface area contributed by atoms with Gasteiger partial charge in [0.15, 0.2) is 23.3 Å². The molecule has 0 fully saturated rings. The van der Waals surface area contributed by atoms with Crippen LogP contribution >= 0.6 is 0 Å². The molecular formula is C10H16F2N4O. The number of hydrogen-bond donors (Lipinski definition) is 2. The lowest BCUT2D eigenvalue weighted by Crippen LogP contribution is -2.34. The van der Waals surface area contributed by atoms with Gasteiger partial charge in [-0.2, -0.15) is 0 Å². The summed E-state index contributed by atoms with van der Waals surface area (Å²) < 4.78 is 31.7. The first-order valence-electron chi connectivity index (χ1n) is 5.05. The van der Waals surface area contributed by atoms with Crippen LogP contribution < -0.4 is 16.2 Å². The molecule has 0 aliphatic carbocycles. The number of halogens is 2. The number of anilines is 2. The summed E-state index contributed by atoms with van der Waals surface area (Å²) >= 11 is 0. The number of pyridine rings is 1. The number of nitrogens with one attached hydrogen (secondary N) is 1. The molecule has 0 saturated carbocycles. The Morgan fingerprint density at radius 1 is 1.53 bits per heavy atom. The van der Waals surface area contributed by atoms with E-state index in [-0.39, 0.29) is 17.7 Å². The minimum absolute atomic E-state index is 0.0175. The smallest absolute Gasteiger partial charge is 0.178 e. The van der Waals surface area contributed by atoms with Gasteiger partial charge in [-0.05, 0) is 6.92 Å². The molecule has 1 aromatic heterocycles. The quantitative estimate of drug-likeness (QED) is 0.602. The Morgan fingerprint density at radius 3 is 2.71 bits per heavy atom. The van der Waals surface area contributed by atoms with Gasteiger partial charge in [0, 0.05) is 20.2 Å². The number of ether oxygens (including phenoxy) is 1. The standard InChI is InChI=1S/C10H16F2N4O/c1-6(5-17-3)16(2)10-8(12)4-7(11)9(14-10)15-13/h4,6H,5,13H2,1-3H3,(H,14,15). The average Bonchev–Trinajstić information content (AvgIpc) is 2.29. The van der Waals surface area contributed by atoms with Crippen molar-refractivity contribution in [3.05, 3.63) is 17.7 Å². The summed E-state index contributed by atoms with van der Waals surface area (Å²) in [4.78, 5) is 5.33. The number of methoxy groups -OCH3 is 1. The van der Waals surface area contributed by atoms with Crippen molar-refractivity contribution >= 4 is 11.6 Å². The Balaban J connectivity index is 3.04. The molecule has 96 valence electrons. The first kappa shape index (κ1) is 13.6. The van der Waals surface area contributed by atoms with Gasteiger partial charge in [-0.15, -0.1) is 0 Å². The van der Waals surface area contributed by atoms with Crippen LogP contribution in [0.1, 0.15) is 6.92 Å². The number of hydrazine groups is 1. The number of aromatic nitrogens is 1. The Labute approximate surface area is 98.5 Å². The van der Waals surface area contributed by atoms with Crippen LogP contribution in [0, 0.1) is 11.6 Å². The fraction of sp³-hybridized carbons (Fsp3) is 0.500. The van der Waals surface area contributed by atoms with Crippen LogP contribution in [0.3, 0.4) is 0 Å². The van der Waals surface area contributed by atoms with Crippen LogP contribution in [0.2, 0.25) is 0 Å². The fourth-order valence-electron chi connectivity index (χ4n) is 1.37. The highest BCUT2D eigenvalue weighted by molar-refractivity contribution is 5.48. The van der Waals surface area contributed by atoms with Gasteiger partial charge in [0.2, 0.25) is 0 Å². The van der Waals surface area contributed by atoms with E-state index in [4.69, 9.17) is 10.6 Å². The first-order valence-corrected chi connectivity index (χ1v) is 5.05. The maximum absolute atomic E-state index is 13.6. The van der Waals surface area contributed by atoms with Crippen LogP contribution in [0.4, 0.5) is 20.4 Å². The molecule has 0 spiro atoms. The third-order valence-electron chi connectivity index (χ3n) is 2.45. The highest BCUT2D eigenvalue weighted by atomic mass is 19.1. The number of nitrogen functional groups attached to an aromatic ring is 1. The molecule has 0 aromatic carbocycles. The lowest BCUT2D eigenvalue weighted by Gasteiger charge is -2.26. The van der Waals surface area contributed by atoms with Gasteiger partial charge >= 0.3 is 0 Å². The predicted molar refractivity (Wildman–Crippen MR) is 61.7 cm³/mol. The van der Waals surface area contributed by atoms with Crippen molar-refractivity contribution < 1.29 is 13.5 Å². The minimum Gasteiger partial charge on any atom is -0.383 e. The van der Waals surface area contributed by atoms with Crippen molar-refractivity contribution in [3.63, 3.8) is 0 Å². The molecule has 1 rings (SSSR count). The Morgan fingerprint density at radius 2 is 2.18 bits per heavy atom. The SMILES string of the molecule is COCC(C)N(C)c1nc(NN)c(F)cc1F. The van der Waals surface area contributed by atoms with Crippen LogP contribution in [0.25, 0.3) is 0 Å². The first-order chi connectivity index (χ1) is 8.01. The van der Waals surface area contributed by atoms with Crippen molar-refractivity contribution in [2.24, 2.45) is 5.84 Å². The van der Waals surface area contributed by atoms with Gasteiger partial charge in [0.1, 0.15) is 0 Å². The van der Waals surface area contributed by atoms with Crippen LogP contribution in [0.5, 0.6) is 0 Å². The van der Waals surface area contributed by atoms with E-state index in [2.05, 4.69) is 10.4 Å². The molecule has 0 amide bonds. The number of nitrogens with two attached hydrogens (primary N) is 1. The molecular weight excluding hydrogens is 230 g/mol. The number of likely N-dealkylation sites (N-methyl/N-ethyl adjacent to an activating group) is 1. The Hall–Kier alpha value is -1.47. The molecule has 7 heteroatoms. The second kappa shape index (κ2) is 5.74. The molecule has 1 atom stereocenters. The van der Waals surface area contributed by atoms with E-state index < -0.39 is 11.6 Å². The minimum atomic E-state index is -0.832. The van der Waals surface area contributed by atoms with E-state index in [1.807, 2.05) is 6.92 Å². The topological polar surface area (TPSA) is 63.4 Å². The van der Waals surface area contributed by atoms with Crippen LogP contribution in [-0.4, -0.2) is 31.8 Å². The molecule has 5 nitrogen and oxygen atoms in total. The van der Waals surface area contributed by atoms with E-state index in [0.717, 1.165) is 6.07 Å². The van der Waals surface area contributed by atoms with Crippen LogP contribution in [-0.2, 0) is 4.74 Å². The Kier molecular flexibility index (Phi) is 4.59. The molecule has 17 heavy (non-hydrogen) atoms. The lowest BCUT2D eigenvalue weighted by atomic mass is 10.3. The normalized spacial score (nSPS) is 12.4. The second-order valence-electron chi connectivity index (χ2n) is 3.68. The summed E-state index contributed by atoms with van der Waals surface area (Å²) in [6.45, 7) is 2.24. The summed E-state index contributed by atoms with van der Waals surface area (Å²) in [5.41, 5.74) is 2.08. The molecule has 1 heterocycles. The third-order valence-corrected chi connectivity index (χ3v) is 2.45. The van der Waals surface area contributed by atoms with E-state index in [1.54, 1.807) is 19.1 Å². The lowest BCUT2D eigenvalue weighted by molar-refractivity contribution is 0.183. The highest BCUT2D eigenvalue weighted by Crippen LogP contribution is 2.22. The predicted octanol–water partition coefficient (Wildman–Crippen LogP) is 1.12. The summed E-state index contributed by atoms with van der Waals surface area (Å²) in [5, 5.41) is 0. The van der Waals surface area contributed by atoms with Gasteiger partial charge in [-0.1, -0.05) is 0 Å². The fourth-order valence-corrected chi connectivity index (χ4v) is 1.37. The van der Waals surface area contributed by atoms with Gasteiger partial charge in [0.25, 0.3) is 0 Å². The maximum atomic E-state index is 13.6. The van der Waals surface area contributed by atoms with Gasteiger partial charge < -0.3 is 15.1 Å². The molecule has 3 N–H and O–H groups in total. The summed E-state index contributed by atoms with van der Waals surface area (Å²) in [6, 6.07) is 0.645. The van der Waals surface area contributed by atoms with Crippen molar-refractivity contribution in [2.75, 3.05) is 31.1 Å². The van der Waals surface area contributed by atoms with Crippen molar-refractivity contribution in [2.45, 2.75) is 13.0 Å². The monoisotopic (exact) mass is 246 g/mol. The summed E-state index contributed by atoms with van der Waals surface area (Å²) in [5.74, 6) is 3.33. The van der Waals surface area contributed by atoms with E-state index in [9.17, 15) is 8.78 Å². The Bertz CT molecular complexity index is 389. The van der Waals surface area contributed by atoms with E-state index in [0.29, 0.717) is 6.61 Å². The molecule has 0 bridgehead atoms. The number of hydrogen-bond acceptors (Lipinski definition) is 5. The van der Waals surface area contributed by atoms with Gasteiger partial charge in [-0.3, -0.25) is 0 Å². The molecule has 1 unspecified atom stereocenters. The zero-order valence-corrected chi connectivity index (χ0v) is 10.00. The highest BCUT2D eigenvalue weighted by Gasteiger charge is 2.18. The summed E-state index contributed by atoms with van der Waals surface area (Å²) in [6.07, 6.45) is 0. The van der Waals surface area contributed by atoms with E-state index >= 15 is 0 Å². The second-order valence-corrected chi connectivity index (χ2v) is 3.68. The van der Waals surface area contributed by atoms with Gasteiger partial charge in [-0.25, -0.2) is 19.6 Å². The van der Waals surface area contributed by atoms with Gasteiger partial charge in [0.05, 0.1) is 12.6 Å². The third kappa shape index (κ3) is 3.01. The number of rotatable bonds is 5. The zero-order valence-electron chi connectivity index (χ0n) is 10.00. The summed E-state index contributed by atoms with van der Waals surface area (Å²) in [7, 11) is 3.19. The largest absolute Gasteiger partial charge is 0.383 e. The van der Waals surface area contributed by atoms with Crippen LogP contribution in [0.15, 0.2) is 6.07 Å². The molecule has 0 aliphatic rings. The molecule has 0 saturated heterocycles. The van der Waals surface area contributed by atoms with Crippen molar-refractivity contribution in [1.29, 1.82) is 0 Å². The van der Waals surface area contributed by atoms with Crippen molar-refractivity contribution in [1.82, 2.24) is 4.98 Å². The van der Waals surface area contributed by atoms with E-state index in [1.165, 1.54) is 0 Å².